The Morgan fingerprint density at radius 3 is 2.54 bits per heavy atom. The number of hydrogen-bond donors (Lipinski definition) is 0. The predicted molar refractivity (Wildman–Crippen MR) is 86.5 cm³/mol. The normalized spacial score (nSPS) is 10.8. The summed E-state index contributed by atoms with van der Waals surface area (Å²) in [4.78, 5) is 16.2. The molecule has 0 atom stereocenters. The highest BCUT2D eigenvalue weighted by atomic mass is 16.5. The van der Waals surface area contributed by atoms with Crippen LogP contribution in [0.1, 0.15) is 27.6 Å². The molecule has 1 aromatic carbocycles. The summed E-state index contributed by atoms with van der Waals surface area (Å²) in [7, 11) is 0. The van der Waals surface area contributed by atoms with E-state index in [-0.39, 0.29) is 12.6 Å². The third kappa shape index (κ3) is 3.51. The maximum Gasteiger partial charge on any atom is 0.338 e. The van der Waals surface area contributed by atoms with Gasteiger partial charge in [-0.3, -0.25) is 4.68 Å². The van der Waals surface area contributed by atoms with E-state index in [1.54, 1.807) is 31.2 Å². The van der Waals surface area contributed by atoms with Gasteiger partial charge < -0.3 is 9.26 Å². The first-order valence-corrected chi connectivity index (χ1v) is 7.62. The van der Waals surface area contributed by atoms with E-state index in [0.29, 0.717) is 23.8 Å². The van der Waals surface area contributed by atoms with Gasteiger partial charge in [-0.25, -0.2) is 4.79 Å². The Morgan fingerprint density at radius 1 is 1.21 bits per heavy atom. The van der Waals surface area contributed by atoms with Crippen LogP contribution in [0.4, 0.5) is 0 Å². The van der Waals surface area contributed by atoms with Gasteiger partial charge in [0.2, 0.25) is 0 Å². The summed E-state index contributed by atoms with van der Waals surface area (Å²) >= 11 is 0. The predicted octanol–water partition coefficient (Wildman–Crippen LogP) is 2.72. The second-order valence-electron chi connectivity index (χ2n) is 5.51. The van der Waals surface area contributed by atoms with Crippen LogP contribution in [0.25, 0.3) is 11.5 Å². The molecule has 0 N–H and O–H groups in total. The fourth-order valence-electron chi connectivity index (χ4n) is 2.37. The van der Waals surface area contributed by atoms with Gasteiger partial charge in [0.1, 0.15) is 6.61 Å². The SMILES string of the molecule is Cc1cc(C)n(CCOC(=O)c2ccc(-c3nc(C)no3)cc2)n1. The molecule has 2 heterocycles. The number of aryl methyl sites for hydroxylation is 3. The molecule has 0 saturated carbocycles. The number of nitrogens with zero attached hydrogens (tertiary/aromatic N) is 4. The zero-order valence-corrected chi connectivity index (χ0v) is 13.8. The van der Waals surface area contributed by atoms with Gasteiger partial charge in [-0.2, -0.15) is 10.1 Å². The molecule has 3 rings (SSSR count). The number of hydrogen-bond acceptors (Lipinski definition) is 6. The summed E-state index contributed by atoms with van der Waals surface area (Å²) in [6.07, 6.45) is 0. The summed E-state index contributed by atoms with van der Waals surface area (Å²) in [5, 5.41) is 8.07. The molecular formula is C17H18N4O3. The quantitative estimate of drug-likeness (QED) is 0.670. The first-order chi connectivity index (χ1) is 11.5. The average Bonchev–Trinajstić information content (AvgIpc) is 3.13. The molecule has 0 fully saturated rings. The molecule has 7 nitrogen and oxygen atoms in total. The Labute approximate surface area is 139 Å². The van der Waals surface area contributed by atoms with Gasteiger partial charge in [0, 0.05) is 11.3 Å². The van der Waals surface area contributed by atoms with Crippen molar-refractivity contribution in [3.63, 3.8) is 0 Å². The molecule has 0 saturated heterocycles. The standard InChI is InChI=1S/C17H18N4O3/c1-11-10-12(2)21(19-11)8-9-23-17(22)15-6-4-14(5-7-15)16-18-13(3)20-24-16/h4-7,10H,8-9H2,1-3H3. The second-order valence-corrected chi connectivity index (χ2v) is 5.51. The van der Waals surface area contributed by atoms with Crippen LogP contribution >= 0.6 is 0 Å². The molecule has 7 heteroatoms. The Bertz CT molecular complexity index is 849. The minimum Gasteiger partial charge on any atom is -0.460 e. The lowest BCUT2D eigenvalue weighted by molar-refractivity contribution is 0.0487. The fraction of sp³-hybridized carbons (Fsp3) is 0.294. The maximum atomic E-state index is 12.1. The highest BCUT2D eigenvalue weighted by Gasteiger charge is 2.10. The van der Waals surface area contributed by atoms with Crippen molar-refractivity contribution in [1.29, 1.82) is 0 Å². The summed E-state index contributed by atoms with van der Waals surface area (Å²) in [5.74, 6) is 0.624. The van der Waals surface area contributed by atoms with Crippen molar-refractivity contribution in [2.75, 3.05) is 6.61 Å². The van der Waals surface area contributed by atoms with Crippen molar-refractivity contribution in [3.05, 3.63) is 53.1 Å². The number of aromatic nitrogens is 4. The molecule has 0 unspecified atom stereocenters. The van der Waals surface area contributed by atoms with Crippen LogP contribution in [0, 0.1) is 20.8 Å². The van der Waals surface area contributed by atoms with Crippen LogP contribution in [0.5, 0.6) is 0 Å². The molecular weight excluding hydrogens is 308 g/mol. The topological polar surface area (TPSA) is 83.0 Å². The molecule has 0 aliphatic carbocycles. The van der Waals surface area contributed by atoms with Crippen molar-refractivity contribution in [3.8, 4) is 11.5 Å². The summed E-state index contributed by atoms with van der Waals surface area (Å²) in [5.41, 5.74) is 3.23. The second kappa shape index (κ2) is 6.66. The van der Waals surface area contributed by atoms with Crippen molar-refractivity contribution in [2.45, 2.75) is 27.3 Å². The van der Waals surface area contributed by atoms with Crippen LogP contribution in [0.3, 0.4) is 0 Å². The lowest BCUT2D eigenvalue weighted by Gasteiger charge is -2.07. The van der Waals surface area contributed by atoms with Gasteiger partial charge in [-0.05, 0) is 51.1 Å². The average molecular weight is 326 g/mol. The molecule has 0 radical (unpaired) electrons. The van der Waals surface area contributed by atoms with E-state index in [1.165, 1.54) is 0 Å². The first-order valence-electron chi connectivity index (χ1n) is 7.62. The number of carbonyl (C=O) groups excluding carboxylic acids is 1. The number of esters is 1. The number of benzene rings is 1. The van der Waals surface area contributed by atoms with Crippen molar-refractivity contribution >= 4 is 5.97 Å². The Kier molecular flexibility index (Phi) is 4.41. The van der Waals surface area contributed by atoms with Crippen LogP contribution in [0.15, 0.2) is 34.9 Å². The smallest absolute Gasteiger partial charge is 0.338 e. The van der Waals surface area contributed by atoms with E-state index in [1.807, 2.05) is 24.6 Å². The summed E-state index contributed by atoms with van der Waals surface area (Å²) in [6, 6.07) is 8.86. The van der Waals surface area contributed by atoms with Gasteiger partial charge in [0.15, 0.2) is 5.82 Å². The van der Waals surface area contributed by atoms with Gasteiger partial charge in [0.25, 0.3) is 5.89 Å². The Hall–Kier alpha value is -2.96. The van der Waals surface area contributed by atoms with Gasteiger partial charge in [0.05, 0.1) is 17.8 Å². The fourth-order valence-corrected chi connectivity index (χ4v) is 2.37. The van der Waals surface area contributed by atoms with Gasteiger partial charge in [-0.1, -0.05) is 5.16 Å². The van der Waals surface area contributed by atoms with Gasteiger partial charge in [-0.15, -0.1) is 0 Å². The molecule has 0 spiro atoms. The molecule has 0 bridgehead atoms. The maximum absolute atomic E-state index is 12.1. The van der Waals surface area contributed by atoms with E-state index in [2.05, 4.69) is 15.2 Å². The number of rotatable bonds is 5. The van der Waals surface area contributed by atoms with Crippen LogP contribution < -0.4 is 0 Å². The summed E-state index contributed by atoms with van der Waals surface area (Å²) < 4.78 is 12.2. The molecule has 2 aromatic heterocycles. The molecule has 0 aliphatic rings. The lowest BCUT2D eigenvalue weighted by atomic mass is 10.1. The molecule has 0 aliphatic heterocycles. The highest BCUT2D eigenvalue weighted by Crippen LogP contribution is 2.18. The molecule has 3 aromatic rings. The minimum atomic E-state index is -0.371. The third-order valence-corrected chi connectivity index (χ3v) is 3.53. The Morgan fingerprint density at radius 2 is 1.96 bits per heavy atom. The zero-order chi connectivity index (χ0) is 17.1. The van der Waals surface area contributed by atoms with Gasteiger partial charge >= 0.3 is 5.97 Å². The van der Waals surface area contributed by atoms with Crippen molar-refractivity contribution < 1.29 is 14.1 Å². The number of carbonyl (C=O) groups is 1. The summed E-state index contributed by atoms with van der Waals surface area (Å²) in [6.45, 7) is 6.46. The van der Waals surface area contributed by atoms with Crippen LogP contribution in [-0.4, -0.2) is 32.5 Å². The van der Waals surface area contributed by atoms with Crippen molar-refractivity contribution in [1.82, 2.24) is 19.9 Å². The van der Waals surface area contributed by atoms with Crippen LogP contribution in [0.2, 0.25) is 0 Å². The van der Waals surface area contributed by atoms with Crippen molar-refractivity contribution in [2.24, 2.45) is 0 Å². The van der Waals surface area contributed by atoms with E-state index in [9.17, 15) is 4.79 Å². The first kappa shape index (κ1) is 15.9. The molecule has 0 amide bonds. The monoisotopic (exact) mass is 326 g/mol. The van der Waals surface area contributed by atoms with E-state index < -0.39 is 0 Å². The minimum absolute atomic E-state index is 0.269. The largest absolute Gasteiger partial charge is 0.460 e. The Balaban J connectivity index is 1.58. The number of ether oxygens (including phenoxy) is 1. The lowest BCUT2D eigenvalue weighted by Crippen LogP contribution is -2.13. The van der Waals surface area contributed by atoms with E-state index >= 15 is 0 Å². The molecule has 124 valence electrons. The third-order valence-electron chi connectivity index (χ3n) is 3.53. The van der Waals surface area contributed by atoms with E-state index in [0.717, 1.165) is 17.0 Å². The zero-order valence-electron chi connectivity index (χ0n) is 13.8. The highest BCUT2D eigenvalue weighted by molar-refractivity contribution is 5.89. The molecule has 24 heavy (non-hydrogen) atoms. The van der Waals surface area contributed by atoms with Crippen LogP contribution in [-0.2, 0) is 11.3 Å². The van der Waals surface area contributed by atoms with E-state index in [4.69, 9.17) is 9.26 Å².